The zero-order valence-corrected chi connectivity index (χ0v) is 14.2. The highest BCUT2D eigenvalue weighted by Gasteiger charge is 2.24. The van der Waals surface area contributed by atoms with Crippen molar-refractivity contribution in [2.24, 2.45) is 5.73 Å². The van der Waals surface area contributed by atoms with Gasteiger partial charge in [-0.15, -0.1) is 12.4 Å². The first kappa shape index (κ1) is 20.5. The fourth-order valence-electron chi connectivity index (χ4n) is 2.18. The van der Waals surface area contributed by atoms with E-state index in [9.17, 15) is 13.6 Å². The van der Waals surface area contributed by atoms with Crippen LogP contribution in [-0.2, 0) is 16.1 Å². The summed E-state index contributed by atoms with van der Waals surface area (Å²) in [4.78, 5) is 12.2. The van der Waals surface area contributed by atoms with Gasteiger partial charge in [0, 0.05) is 24.8 Å². The van der Waals surface area contributed by atoms with E-state index in [0.717, 1.165) is 11.6 Å². The highest BCUT2D eigenvalue weighted by atomic mass is 35.5. The van der Waals surface area contributed by atoms with Gasteiger partial charge in [-0.2, -0.15) is 0 Å². The lowest BCUT2D eigenvalue weighted by molar-refractivity contribution is -0.131. The molecule has 1 amide bonds. The molecule has 134 valence electrons. The maximum atomic E-state index is 13.8. The van der Waals surface area contributed by atoms with Crippen molar-refractivity contribution in [1.82, 2.24) is 5.32 Å². The number of nitrogens with two attached hydrogens (primary N) is 1. The Morgan fingerprint density at radius 2 is 1.88 bits per heavy atom. The van der Waals surface area contributed by atoms with Gasteiger partial charge in [0.05, 0.1) is 0 Å². The SMILES string of the molecule is COC(C(=O)NCc1ccc(C(=N)N)cc1)c1cccc(F)c1F.Cl. The molecule has 0 saturated heterocycles. The van der Waals surface area contributed by atoms with Gasteiger partial charge >= 0.3 is 0 Å². The number of nitrogens with one attached hydrogen (secondary N) is 2. The Morgan fingerprint density at radius 3 is 2.44 bits per heavy atom. The molecule has 5 nitrogen and oxygen atoms in total. The number of methoxy groups -OCH3 is 1. The molecule has 0 fully saturated rings. The molecule has 0 aliphatic heterocycles. The Kier molecular flexibility index (Phi) is 7.47. The topological polar surface area (TPSA) is 88.2 Å². The lowest BCUT2D eigenvalue weighted by Crippen LogP contribution is -2.30. The number of rotatable bonds is 6. The van der Waals surface area contributed by atoms with Crippen LogP contribution < -0.4 is 11.1 Å². The number of benzene rings is 2. The summed E-state index contributed by atoms with van der Waals surface area (Å²) in [5.74, 6) is -2.78. The predicted octanol–water partition coefficient (Wildman–Crippen LogP) is 2.67. The third-order valence-electron chi connectivity index (χ3n) is 3.47. The van der Waals surface area contributed by atoms with Crippen LogP contribution in [0.15, 0.2) is 42.5 Å². The molecule has 0 aliphatic rings. The number of carbonyl (C=O) groups excluding carboxylic acids is 1. The Morgan fingerprint density at radius 1 is 1.24 bits per heavy atom. The van der Waals surface area contributed by atoms with Gasteiger partial charge < -0.3 is 15.8 Å². The fourth-order valence-corrected chi connectivity index (χ4v) is 2.18. The molecule has 0 radical (unpaired) electrons. The summed E-state index contributed by atoms with van der Waals surface area (Å²) >= 11 is 0. The summed E-state index contributed by atoms with van der Waals surface area (Å²) in [6, 6.07) is 10.3. The summed E-state index contributed by atoms with van der Waals surface area (Å²) in [5, 5.41) is 9.92. The van der Waals surface area contributed by atoms with Gasteiger partial charge in [-0.25, -0.2) is 8.78 Å². The maximum Gasteiger partial charge on any atom is 0.254 e. The first-order valence-electron chi connectivity index (χ1n) is 7.11. The maximum absolute atomic E-state index is 13.8. The van der Waals surface area contributed by atoms with E-state index in [1.54, 1.807) is 24.3 Å². The van der Waals surface area contributed by atoms with Crippen LogP contribution in [0.4, 0.5) is 8.78 Å². The average molecular weight is 370 g/mol. The molecule has 0 bridgehead atoms. The second kappa shape index (κ2) is 9.10. The third kappa shape index (κ3) is 4.98. The van der Waals surface area contributed by atoms with Crippen molar-refractivity contribution >= 4 is 24.1 Å². The van der Waals surface area contributed by atoms with E-state index in [0.29, 0.717) is 5.56 Å². The van der Waals surface area contributed by atoms with Gasteiger partial charge in [0.25, 0.3) is 5.91 Å². The summed E-state index contributed by atoms with van der Waals surface area (Å²) in [7, 11) is 1.25. The number of hydrogen-bond donors (Lipinski definition) is 3. The molecular formula is C17H18ClF2N3O2. The van der Waals surface area contributed by atoms with Gasteiger partial charge in [-0.1, -0.05) is 36.4 Å². The second-order valence-corrected chi connectivity index (χ2v) is 5.09. The number of ether oxygens (including phenoxy) is 1. The standard InChI is InChI=1S/C17H17F2N3O2.ClH/c1-24-15(12-3-2-4-13(18)14(12)19)17(23)22-9-10-5-7-11(8-6-10)16(20)21;/h2-8,15H,9H2,1H3,(H3,20,21)(H,22,23);1H. The summed E-state index contributed by atoms with van der Waals surface area (Å²) in [6.45, 7) is 0.174. The Balaban J connectivity index is 0.00000312. The number of amidine groups is 1. The number of halogens is 3. The predicted molar refractivity (Wildman–Crippen MR) is 92.7 cm³/mol. The molecule has 8 heteroatoms. The molecule has 2 aromatic rings. The Labute approximate surface area is 150 Å². The van der Waals surface area contributed by atoms with Crippen LogP contribution in [0.5, 0.6) is 0 Å². The van der Waals surface area contributed by atoms with Crippen LogP contribution in [0.2, 0.25) is 0 Å². The first-order chi connectivity index (χ1) is 11.4. The summed E-state index contributed by atoms with van der Waals surface area (Å²) < 4.78 is 32.1. The summed E-state index contributed by atoms with van der Waals surface area (Å²) in [6.07, 6.45) is -1.25. The van der Waals surface area contributed by atoms with Crippen LogP contribution in [-0.4, -0.2) is 18.9 Å². The molecule has 0 heterocycles. The normalized spacial score (nSPS) is 11.3. The quantitative estimate of drug-likeness (QED) is 0.540. The lowest BCUT2D eigenvalue weighted by atomic mass is 10.1. The van der Waals surface area contributed by atoms with Crippen LogP contribution in [0.25, 0.3) is 0 Å². The zero-order valence-electron chi connectivity index (χ0n) is 13.4. The van der Waals surface area contributed by atoms with E-state index in [2.05, 4.69) is 5.32 Å². The van der Waals surface area contributed by atoms with Crippen molar-refractivity contribution in [3.05, 3.63) is 70.8 Å². The van der Waals surface area contributed by atoms with Crippen molar-refractivity contribution in [1.29, 1.82) is 5.41 Å². The van der Waals surface area contributed by atoms with Crippen LogP contribution in [0.1, 0.15) is 22.8 Å². The largest absolute Gasteiger partial charge is 0.384 e. The second-order valence-electron chi connectivity index (χ2n) is 5.09. The smallest absolute Gasteiger partial charge is 0.254 e. The molecule has 1 atom stereocenters. The molecular weight excluding hydrogens is 352 g/mol. The van der Waals surface area contributed by atoms with Crippen LogP contribution in [0, 0.1) is 17.0 Å². The number of hydrogen-bond acceptors (Lipinski definition) is 3. The van der Waals surface area contributed by atoms with E-state index in [1.807, 2.05) is 0 Å². The molecule has 2 rings (SSSR count). The van der Waals surface area contributed by atoms with Crippen molar-refractivity contribution in [3.8, 4) is 0 Å². The van der Waals surface area contributed by atoms with E-state index in [-0.39, 0.29) is 30.4 Å². The van der Waals surface area contributed by atoms with E-state index in [4.69, 9.17) is 15.9 Å². The Bertz CT molecular complexity index is 754. The molecule has 25 heavy (non-hydrogen) atoms. The van der Waals surface area contributed by atoms with Crippen LogP contribution in [0.3, 0.4) is 0 Å². The molecule has 1 unspecified atom stereocenters. The van der Waals surface area contributed by atoms with Crippen molar-refractivity contribution in [3.63, 3.8) is 0 Å². The van der Waals surface area contributed by atoms with Crippen molar-refractivity contribution in [2.75, 3.05) is 7.11 Å². The molecule has 2 aromatic carbocycles. The average Bonchev–Trinajstić information content (AvgIpc) is 2.57. The van der Waals surface area contributed by atoms with Gasteiger partial charge in [-0.05, 0) is 11.6 Å². The minimum atomic E-state index is -1.25. The molecule has 0 saturated carbocycles. The summed E-state index contributed by atoms with van der Waals surface area (Å²) in [5.41, 5.74) is 6.54. The molecule has 0 aromatic heterocycles. The number of carbonyl (C=O) groups is 1. The van der Waals surface area contributed by atoms with Crippen molar-refractivity contribution < 1.29 is 18.3 Å². The minimum Gasteiger partial charge on any atom is -0.384 e. The van der Waals surface area contributed by atoms with E-state index < -0.39 is 23.6 Å². The van der Waals surface area contributed by atoms with Gasteiger partial charge in [0.1, 0.15) is 5.84 Å². The monoisotopic (exact) mass is 369 g/mol. The van der Waals surface area contributed by atoms with Gasteiger partial charge in [-0.3, -0.25) is 10.2 Å². The first-order valence-corrected chi connectivity index (χ1v) is 7.11. The molecule has 0 aliphatic carbocycles. The van der Waals surface area contributed by atoms with Crippen LogP contribution >= 0.6 is 12.4 Å². The molecule has 0 spiro atoms. The number of amides is 1. The van der Waals surface area contributed by atoms with Gasteiger partial charge in [0.15, 0.2) is 17.7 Å². The fraction of sp³-hybridized carbons (Fsp3) is 0.176. The lowest BCUT2D eigenvalue weighted by Gasteiger charge is -2.16. The highest BCUT2D eigenvalue weighted by Crippen LogP contribution is 2.22. The zero-order chi connectivity index (χ0) is 17.7. The van der Waals surface area contributed by atoms with Gasteiger partial charge in [0.2, 0.25) is 0 Å². The Hall–Kier alpha value is -2.51. The third-order valence-corrected chi connectivity index (χ3v) is 3.47. The van der Waals surface area contributed by atoms with E-state index in [1.165, 1.54) is 19.2 Å². The minimum absolute atomic E-state index is 0. The number of nitrogen functional groups attached to an aromatic ring is 1. The van der Waals surface area contributed by atoms with E-state index >= 15 is 0 Å². The highest BCUT2D eigenvalue weighted by molar-refractivity contribution is 5.94. The van der Waals surface area contributed by atoms with Crippen molar-refractivity contribution in [2.45, 2.75) is 12.6 Å². The molecule has 4 N–H and O–H groups in total.